The molecule has 0 bridgehead atoms. The Balaban J connectivity index is 2.58. The lowest BCUT2D eigenvalue weighted by Crippen LogP contribution is -2.28. The molecule has 0 spiro atoms. The number of rotatable bonds is 5. The van der Waals surface area contributed by atoms with Crippen molar-refractivity contribution in [2.75, 3.05) is 11.9 Å². The molecule has 0 saturated carbocycles. The first-order valence-corrected chi connectivity index (χ1v) is 7.07. The van der Waals surface area contributed by atoms with Gasteiger partial charge in [0, 0.05) is 17.4 Å². The van der Waals surface area contributed by atoms with E-state index in [2.05, 4.69) is 34.2 Å². The van der Waals surface area contributed by atoms with E-state index in [1.807, 2.05) is 26.0 Å². The van der Waals surface area contributed by atoms with Gasteiger partial charge in [-0.05, 0) is 38.3 Å². The first-order valence-electron chi connectivity index (χ1n) is 5.95. The minimum absolute atomic E-state index is 0.0261. The maximum Gasteiger partial charge on any atom is 0.251 e. The van der Waals surface area contributed by atoms with Gasteiger partial charge in [0.05, 0.1) is 0 Å². The molecule has 1 N–H and O–H groups in total. The Morgan fingerprint density at radius 3 is 2.41 bits per heavy atom. The second-order valence-corrected chi connectivity index (χ2v) is 5.46. The number of alkyl halides is 1. The standard InChI is InChI=1S/C14H20BrNO/c1-10(4-5-15)9-16-14(17)13-7-11(2)6-12(3)8-13/h6-8,10H,4-5,9H2,1-3H3,(H,16,17). The zero-order valence-corrected chi connectivity index (χ0v) is 12.3. The van der Waals surface area contributed by atoms with Crippen molar-refractivity contribution >= 4 is 21.8 Å². The smallest absolute Gasteiger partial charge is 0.251 e. The number of hydrogen-bond donors (Lipinski definition) is 1. The second-order valence-electron chi connectivity index (χ2n) is 4.67. The Morgan fingerprint density at radius 2 is 1.88 bits per heavy atom. The van der Waals surface area contributed by atoms with Gasteiger partial charge >= 0.3 is 0 Å². The van der Waals surface area contributed by atoms with Gasteiger partial charge < -0.3 is 5.32 Å². The van der Waals surface area contributed by atoms with Gasteiger partial charge in [0.15, 0.2) is 0 Å². The van der Waals surface area contributed by atoms with E-state index in [9.17, 15) is 4.79 Å². The van der Waals surface area contributed by atoms with Gasteiger partial charge in [0.25, 0.3) is 5.91 Å². The van der Waals surface area contributed by atoms with Crippen LogP contribution in [-0.4, -0.2) is 17.8 Å². The zero-order valence-electron chi connectivity index (χ0n) is 10.7. The third kappa shape index (κ3) is 4.90. The third-order valence-corrected chi connectivity index (χ3v) is 3.15. The molecule has 0 aliphatic rings. The van der Waals surface area contributed by atoms with Gasteiger partial charge in [-0.1, -0.05) is 40.0 Å². The lowest BCUT2D eigenvalue weighted by molar-refractivity contribution is 0.0947. The van der Waals surface area contributed by atoms with Crippen LogP contribution in [0.15, 0.2) is 18.2 Å². The number of nitrogens with one attached hydrogen (secondary N) is 1. The van der Waals surface area contributed by atoms with E-state index in [4.69, 9.17) is 0 Å². The molecular weight excluding hydrogens is 278 g/mol. The van der Waals surface area contributed by atoms with Crippen LogP contribution < -0.4 is 5.32 Å². The number of carbonyl (C=O) groups is 1. The molecule has 0 aromatic heterocycles. The third-order valence-electron chi connectivity index (χ3n) is 2.70. The molecule has 0 heterocycles. The molecule has 2 nitrogen and oxygen atoms in total. The Labute approximate surface area is 112 Å². The number of benzene rings is 1. The summed E-state index contributed by atoms with van der Waals surface area (Å²) in [6.45, 7) is 6.90. The van der Waals surface area contributed by atoms with Crippen molar-refractivity contribution in [1.29, 1.82) is 0 Å². The monoisotopic (exact) mass is 297 g/mol. The van der Waals surface area contributed by atoms with Gasteiger partial charge in [-0.25, -0.2) is 0 Å². The molecule has 17 heavy (non-hydrogen) atoms. The van der Waals surface area contributed by atoms with E-state index < -0.39 is 0 Å². The van der Waals surface area contributed by atoms with Crippen molar-refractivity contribution in [3.05, 3.63) is 34.9 Å². The van der Waals surface area contributed by atoms with E-state index in [1.54, 1.807) is 0 Å². The summed E-state index contributed by atoms with van der Waals surface area (Å²) in [6.07, 6.45) is 1.08. The number of halogens is 1. The molecule has 0 aliphatic carbocycles. The van der Waals surface area contributed by atoms with E-state index in [0.717, 1.165) is 35.0 Å². The molecule has 94 valence electrons. The van der Waals surface area contributed by atoms with Crippen molar-refractivity contribution in [3.8, 4) is 0 Å². The topological polar surface area (TPSA) is 29.1 Å². The fourth-order valence-corrected chi connectivity index (χ4v) is 2.54. The van der Waals surface area contributed by atoms with Crippen LogP contribution in [0.25, 0.3) is 0 Å². The molecule has 3 heteroatoms. The maximum absolute atomic E-state index is 11.9. The highest BCUT2D eigenvalue weighted by Gasteiger charge is 2.08. The van der Waals surface area contributed by atoms with Crippen LogP contribution in [0.1, 0.15) is 34.8 Å². The Bertz CT molecular complexity index is 370. The van der Waals surface area contributed by atoms with Crippen LogP contribution >= 0.6 is 15.9 Å². The summed E-state index contributed by atoms with van der Waals surface area (Å²) in [7, 11) is 0. The van der Waals surface area contributed by atoms with E-state index in [0.29, 0.717) is 5.92 Å². The van der Waals surface area contributed by atoms with E-state index in [1.165, 1.54) is 0 Å². The number of hydrogen-bond acceptors (Lipinski definition) is 1. The SMILES string of the molecule is Cc1cc(C)cc(C(=O)NCC(C)CCBr)c1. The molecule has 0 fully saturated rings. The summed E-state index contributed by atoms with van der Waals surface area (Å²) >= 11 is 3.41. The maximum atomic E-state index is 11.9. The van der Waals surface area contributed by atoms with Gasteiger partial charge in [-0.2, -0.15) is 0 Å². The summed E-state index contributed by atoms with van der Waals surface area (Å²) < 4.78 is 0. The molecule has 0 saturated heterocycles. The fraction of sp³-hybridized carbons (Fsp3) is 0.500. The first-order chi connectivity index (χ1) is 8.02. The summed E-state index contributed by atoms with van der Waals surface area (Å²) in [5, 5.41) is 3.96. The minimum atomic E-state index is 0.0261. The van der Waals surface area contributed by atoms with Crippen molar-refractivity contribution in [2.24, 2.45) is 5.92 Å². The molecule has 1 unspecified atom stereocenters. The Hall–Kier alpha value is -0.830. The molecule has 1 rings (SSSR count). The second kappa shape index (κ2) is 6.80. The van der Waals surface area contributed by atoms with E-state index in [-0.39, 0.29) is 5.91 Å². The molecular formula is C14H20BrNO. The van der Waals surface area contributed by atoms with Gasteiger partial charge in [0.1, 0.15) is 0 Å². The van der Waals surface area contributed by atoms with Crippen LogP contribution in [0.5, 0.6) is 0 Å². The summed E-state index contributed by atoms with van der Waals surface area (Å²) in [4.78, 5) is 11.9. The lowest BCUT2D eigenvalue weighted by Gasteiger charge is -2.11. The average molecular weight is 298 g/mol. The van der Waals surface area contributed by atoms with Crippen LogP contribution in [0.4, 0.5) is 0 Å². The summed E-state index contributed by atoms with van der Waals surface area (Å²) in [6, 6.07) is 5.93. The molecule has 1 aromatic carbocycles. The highest BCUT2D eigenvalue weighted by Crippen LogP contribution is 2.09. The minimum Gasteiger partial charge on any atom is -0.352 e. The van der Waals surface area contributed by atoms with Crippen LogP contribution in [0, 0.1) is 19.8 Å². The number of aryl methyl sites for hydroxylation is 2. The Kier molecular flexibility index (Phi) is 5.69. The predicted molar refractivity (Wildman–Crippen MR) is 75.8 cm³/mol. The van der Waals surface area contributed by atoms with Crippen molar-refractivity contribution in [2.45, 2.75) is 27.2 Å². The van der Waals surface area contributed by atoms with Gasteiger partial charge in [0.2, 0.25) is 0 Å². The molecule has 1 amide bonds. The number of carbonyl (C=O) groups excluding carboxylic acids is 1. The highest BCUT2D eigenvalue weighted by molar-refractivity contribution is 9.09. The lowest BCUT2D eigenvalue weighted by atomic mass is 10.1. The van der Waals surface area contributed by atoms with Crippen LogP contribution in [0.2, 0.25) is 0 Å². The predicted octanol–water partition coefficient (Wildman–Crippen LogP) is 3.45. The summed E-state index contributed by atoms with van der Waals surface area (Å²) in [5.41, 5.74) is 3.01. The number of amides is 1. The van der Waals surface area contributed by atoms with Crippen LogP contribution in [-0.2, 0) is 0 Å². The molecule has 0 aliphatic heterocycles. The quantitative estimate of drug-likeness (QED) is 0.829. The Morgan fingerprint density at radius 1 is 1.29 bits per heavy atom. The molecule has 0 radical (unpaired) electrons. The molecule has 1 atom stereocenters. The highest BCUT2D eigenvalue weighted by atomic mass is 79.9. The normalized spacial score (nSPS) is 12.2. The molecule has 1 aromatic rings. The average Bonchev–Trinajstić information content (AvgIpc) is 2.25. The first kappa shape index (κ1) is 14.2. The fourth-order valence-electron chi connectivity index (χ4n) is 1.76. The van der Waals surface area contributed by atoms with E-state index >= 15 is 0 Å². The zero-order chi connectivity index (χ0) is 12.8. The van der Waals surface area contributed by atoms with Crippen molar-refractivity contribution in [3.63, 3.8) is 0 Å². The van der Waals surface area contributed by atoms with Crippen molar-refractivity contribution < 1.29 is 4.79 Å². The van der Waals surface area contributed by atoms with Crippen molar-refractivity contribution in [1.82, 2.24) is 5.32 Å². The largest absolute Gasteiger partial charge is 0.352 e. The summed E-state index contributed by atoms with van der Waals surface area (Å²) in [5.74, 6) is 0.530. The van der Waals surface area contributed by atoms with Gasteiger partial charge in [-0.15, -0.1) is 0 Å². The van der Waals surface area contributed by atoms with Gasteiger partial charge in [-0.3, -0.25) is 4.79 Å². The van der Waals surface area contributed by atoms with Crippen LogP contribution in [0.3, 0.4) is 0 Å².